The number of allylic oxidation sites excluding steroid dienone is 2. The van der Waals surface area contributed by atoms with Crippen molar-refractivity contribution < 1.29 is 9.13 Å². The van der Waals surface area contributed by atoms with E-state index in [-0.39, 0.29) is 6.10 Å². The molecule has 2 heteroatoms. The summed E-state index contributed by atoms with van der Waals surface area (Å²) in [6, 6.07) is 0. The minimum absolute atomic E-state index is 0.0417. The topological polar surface area (TPSA) is 9.23 Å². The Bertz CT molecular complexity index is 129. The van der Waals surface area contributed by atoms with Gasteiger partial charge in [-0.05, 0) is 6.42 Å². The van der Waals surface area contributed by atoms with Gasteiger partial charge in [-0.3, -0.25) is 0 Å². The summed E-state index contributed by atoms with van der Waals surface area (Å²) in [4.78, 5) is 0. The Morgan fingerprint density at radius 2 is 2.44 bits per heavy atom. The maximum absolute atomic E-state index is 11.5. The summed E-state index contributed by atoms with van der Waals surface area (Å²) in [7, 11) is 0. The van der Waals surface area contributed by atoms with Crippen LogP contribution in [-0.2, 0) is 4.74 Å². The minimum Gasteiger partial charge on any atom is -0.343 e. The van der Waals surface area contributed by atoms with Gasteiger partial charge in [0, 0.05) is 0 Å². The molecule has 0 saturated carbocycles. The zero-order valence-electron chi connectivity index (χ0n) is 5.09. The zero-order valence-corrected chi connectivity index (χ0v) is 5.09. The zero-order chi connectivity index (χ0) is 6.53. The Labute approximate surface area is 53.8 Å². The van der Waals surface area contributed by atoms with Gasteiger partial charge in [0.25, 0.3) is 0 Å². The molecule has 0 saturated heterocycles. The van der Waals surface area contributed by atoms with E-state index in [2.05, 4.69) is 4.74 Å². The van der Waals surface area contributed by atoms with Crippen molar-refractivity contribution in [3.63, 3.8) is 0 Å². The third-order valence-electron chi connectivity index (χ3n) is 1.22. The third kappa shape index (κ3) is 1.98. The molecule has 0 aromatic heterocycles. The Morgan fingerprint density at radius 3 is 3.00 bits per heavy atom. The predicted molar refractivity (Wildman–Crippen MR) is 33.7 cm³/mol. The number of rotatable bonds is 2. The molecule has 1 rings (SSSR count). The minimum atomic E-state index is -0.692. The highest BCUT2D eigenvalue weighted by Gasteiger charge is 2.02. The molecule has 0 aliphatic heterocycles. The van der Waals surface area contributed by atoms with Crippen LogP contribution in [0.2, 0.25) is 0 Å². The maximum atomic E-state index is 11.5. The van der Waals surface area contributed by atoms with Gasteiger partial charge in [0.2, 0.25) is 0 Å². The largest absolute Gasteiger partial charge is 0.343 e. The van der Waals surface area contributed by atoms with E-state index in [0.29, 0.717) is 0 Å². The van der Waals surface area contributed by atoms with Gasteiger partial charge in [0.15, 0.2) is 6.86 Å². The molecule has 1 unspecified atom stereocenters. The van der Waals surface area contributed by atoms with Crippen LogP contribution in [0.1, 0.15) is 6.42 Å². The molecule has 1 nitrogen and oxygen atoms in total. The van der Waals surface area contributed by atoms with E-state index < -0.39 is 6.86 Å². The van der Waals surface area contributed by atoms with Crippen LogP contribution < -0.4 is 0 Å². The number of ether oxygens (including phenoxy) is 1. The molecule has 0 N–H and O–H groups in total. The fraction of sp³-hybridized carbons (Fsp3) is 0.429. The van der Waals surface area contributed by atoms with Gasteiger partial charge in [0.05, 0.1) is 6.10 Å². The van der Waals surface area contributed by atoms with Crippen molar-refractivity contribution in [3.05, 3.63) is 24.3 Å². The second kappa shape index (κ2) is 3.41. The first kappa shape index (κ1) is 6.49. The molecule has 0 spiro atoms. The summed E-state index contributed by atoms with van der Waals surface area (Å²) in [5, 5.41) is 0. The van der Waals surface area contributed by atoms with Crippen LogP contribution in [0.5, 0.6) is 0 Å². The lowest BCUT2D eigenvalue weighted by Crippen LogP contribution is -2.08. The van der Waals surface area contributed by atoms with Crippen molar-refractivity contribution in [1.29, 1.82) is 0 Å². The van der Waals surface area contributed by atoms with Crippen LogP contribution in [0, 0.1) is 0 Å². The van der Waals surface area contributed by atoms with Crippen LogP contribution in [0.15, 0.2) is 24.3 Å². The smallest absolute Gasteiger partial charge is 0.189 e. The van der Waals surface area contributed by atoms with Crippen molar-refractivity contribution >= 4 is 0 Å². The molecule has 0 aromatic rings. The second-order valence-electron chi connectivity index (χ2n) is 1.86. The molecule has 0 amide bonds. The van der Waals surface area contributed by atoms with Gasteiger partial charge >= 0.3 is 0 Å². The second-order valence-corrected chi connectivity index (χ2v) is 1.86. The lowest BCUT2D eigenvalue weighted by atomic mass is 10.1. The molecular formula is C7H9FO. The summed E-state index contributed by atoms with van der Waals surface area (Å²) >= 11 is 0. The van der Waals surface area contributed by atoms with E-state index in [0.717, 1.165) is 6.42 Å². The Hall–Kier alpha value is -0.630. The number of alkyl halides is 1. The van der Waals surface area contributed by atoms with Crippen LogP contribution in [0.4, 0.5) is 4.39 Å². The summed E-state index contributed by atoms with van der Waals surface area (Å²) in [5.74, 6) is 0. The lowest BCUT2D eigenvalue weighted by molar-refractivity contribution is 0.0213. The van der Waals surface area contributed by atoms with E-state index in [9.17, 15) is 4.39 Å². The van der Waals surface area contributed by atoms with Gasteiger partial charge in [0.1, 0.15) is 0 Å². The van der Waals surface area contributed by atoms with Crippen LogP contribution >= 0.6 is 0 Å². The molecule has 0 radical (unpaired) electrons. The van der Waals surface area contributed by atoms with Gasteiger partial charge < -0.3 is 4.74 Å². The summed E-state index contributed by atoms with van der Waals surface area (Å²) in [6.07, 6.45) is 8.35. The van der Waals surface area contributed by atoms with Gasteiger partial charge in [-0.15, -0.1) is 0 Å². The first-order chi connectivity index (χ1) is 4.43. The fourth-order valence-electron chi connectivity index (χ4n) is 0.762. The number of halogens is 1. The third-order valence-corrected chi connectivity index (χ3v) is 1.22. The fourth-order valence-corrected chi connectivity index (χ4v) is 0.762. The van der Waals surface area contributed by atoms with Crippen LogP contribution in [0.3, 0.4) is 0 Å². The average Bonchev–Trinajstić information content (AvgIpc) is 1.91. The van der Waals surface area contributed by atoms with Crippen molar-refractivity contribution in [2.45, 2.75) is 12.5 Å². The molecule has 0 fully saturated rings. The first-order valence-corrected chi connectivity index (χ1v) is 2.94. The Morgan fingerprint density at radius 1 is 1.56 bits per heavy atom. The number of hydrogen-bond donors (Lipinski definition) is 0. The van der Waals surface area contributed by atoms with E-state index in [1.807, 2.05) is 24.3 Å². The molecular weight excluding hydrogens is 119 g/mol. The Kier molecular flexibility index (Phi) is 2.46. The Balaban J connectivity index is 2.28. The SMILES string of the molecule is FCOC1C=CC=CC1. The first-order valence-electron chi connectivity index (χ1n) is 2.94. The number of hydrogen-bond acceptors (Lipinski definition) is 1. The molecule has 50 valence electrons. The highest BCUT2D eigenvalue weighted by atomic mass is 19.1. The summed E-state index contributed by atoms with van der Waals surface area (Å²) < 4.78 is 16.2. The van der Waals surface area contributed by atoms with E-state index in [4.69, 9.17) is 0 Å². The quantitative estimate of drug-likeness (QED) is 0.551. The highest BCUT2D eigenvalue weighted by Crippen LogP contribution is 2.06. The van der Waals surface area contributed by atoms with E-state index in [1.165, 1.54) is 0 Å². The van der Waals surface area contributed by atoms with Gasteiger partial charge in [-0.2, -0.15) is 0 Å². The van der Waals surface area contributed by atoms with Crippen LogP contribution in [0.25, 0.3) is 0 Å². The highest BCUT2D eigenvalue weighted by molar-refractivity contribution is 5.11. The normalized spacial score (nSPS) is 24.8. The molecule has 1 atom stereocenters. The van der Waals surface area contributed by atoms with Crippen LogP contribution in [-0.4, -0.2) is 13.0 Å². The van der Waals surface area contributed by atoms with E-state index in [1.54, 1.807) is 0 Å². The summed E-state index contributed by atoms with van der Waals surface area (Å²) in [5.41, 5.74) is 0. The van der Waals surface area contributed by atoms with Crippen molar-refractivity contribution in [3.8, 4) is 0 Å². The predicted octanol–water partition coefficient (Wildman–Crippen LogP) is 1.81. The van der Waals surface area contributed by atoms with Gasteiger partial charge in [-0.25, -0.2) is 4.39 Å². The molecule has 0 heterocycles. The average molecular weight is 128 g/mol. The standard InChI is InChI=1S/C7H9FO/c8-6-9-7-4-2-1-3-5-7/h1-4,7H,5-6H2. The molecule has 1 aliphatic rings. The van der Waals surface area contributed by atoms with Crippen molar-refractivity contribution in [2.75, 3.05) is 6.86 Å². The maximum Gasteiger partial charge on any atom is 0.189 e. The molecule has 0 aromatic carbocycles. The van der Waals surface area contributed by atoms with Crippen molar-refractivity contribution in [1.82, 2.24) is 0 Å². The molecule has 1 aliphatic carbocycles. The van der Waals surface area contributed by atoms with Crippen molar-refractivity contribution in [2.24, 2.45) is 0 Å². The van der Waals surface area contributed by atoms with E-state index >= 15 is 0 Å². The molecule has 9 heavy (non-hydrogen) atoms. The molecule has 0 bridgehead atoms. The summed E-state index contributed by atoms with van der Waals surface area (Å²) in [6.45, 7) is -0.692. The lowest BCUT2D eigenvalue weighted by Gasteiger charge is -2.10. The monoisotopic (exact) mass is 128 g/mol. The van der Waals surface area contributed by atoms with Gasteiger partial charge in [-0.1, -0.05) is 24.3 Å².